The standard InChI is InChI=1S/C17H25N3O3S/c1-20(15-7-9-18-10-8-15)17(21)14-3-2-4-16(11-14)24(22,23)19-12-13-5-6-13/h2-4,11,13,15,18-19H,5-10,12H2,1H3. The van der Waals surface area contributed by atoms with Gasteiger partial charge in [-0.1, -0.05) is 6.07 Å². The first kappa shape index (κ1) is 17.4. The topological polar surface area (TPSA) is 78.5 Å². The number of carbonyl (C=O) groups excluding carboxylic acids is 1. The molecule has 132 valence electrons. The van der Waals surface area contributed by atoms with Gasteiger partial charge in [0.15, 0.2) is 0 Å². The second kappa shape index (κ2) is 7.21. The van der Waals surface area contributed by atoms with E-state index in [1.54, 1.807) is 24.1 Å². The fourth-order valence-electron chi connectivity index (χ4n) is 2.99. The minimum absolute atomic E-state index is 0.124. The fraction of sp³-hybridized carbons (Fsp3) is 0.588. The molecular weight excluding hydrogens is 326 g/mol. The summed E-state index contributed by atoms with van der Waals surface area (Å²) < 4.78 is 27.4. The highest BCUT2D eigenvalue weighted by Gasteiger charge is 2.26. The molecule has 7 heteroatoms. The van der Waals surface area contributed by atoms with Gasteiger partial charge >= 0.3 is 0 Å². The van der Waals surface area contributed by atoms with Crippen LogP contribution in [-0.2, 0) is 10.0 Å². The predicted octanol–water partition coefficient (Wildman–Crippen LogP) is 1.20. The summed E-state index contributed by atoms with van der Waals surface area (Å²) in [4.78, 5) is 14.6. The van der Waals surface area contributed by atoms with E-state index in [1.807, 2.05) is 0 Å². The highest BCUT2D eigenvalue weighted by atomic mass is 32.2. The molecule has 1 heterocycles. The number of sulfonamides is 1. The molecule has 1 amide bonds. The third-order valence-electron chi connectivity index (χ3n) is 4.83. The highest BCUT2D eigenvalue weighted by Crippen LogP contribution is 2.28. The van der Waals surface area contributed by atoms with Gasteiger partial charge in [0.1, 0.15) is 0 Å². The summed E-state index contributed by atoms with van der Waals surface area (Å²) >= 11 is 0. The van der Waals surface area contributed by atoms with Crippen LogP contribution >= 0.6 is 0 Å². The van der Waals surface area contributed by atoms with Gasteiger partial charge in [-0.2, -0.15) is 0 Å². The zero-order valence-corrected chi connectivity index (χ0v) is 14.8. The molecule has 0 spiro atoms. The van der Waals surface area contributed by atoms with Crippen LogP contribution in [0.3, 0.4) is 0 Å². The van der Waals surface area contributed by atoms with Gasteiger partial charge in [0.25, 0.3) is 5.91 Å². The Morgan fingerprint density at radius 3 is 2.62 bits per heavy atom. The van der Waals surface area contributed by atoms with Crippen molar-refractivity contribution >= 4 is 15.9 Å². The summed E-state index contributed by atoms with van der Waals surface area (Å²) in [6, 6.07) is 6.53. The van der Waals surface area contributed by atoms with Crippen LogP contribution in [0.1, 0.15) is 36.0 Å². The summed E-state index contributed by atoms with van der Waals surface area (Å²) in [7, 11) is -1.76. The van der Waals surface area contributed by atoms with Gasteiger partial charge in [-0.25, -0.2) is 13.1 Å². The molecule has 0 aromatic heterocycles. The molecule has 0 radical (unpaired) electrons. The van der Waals surface area contributed by atoms with Crippen LogP contribution in [0.4, 0.5) is 0 Å². The van der Waals surface area contributed by atoms with Crippen LogP contribution in [0.15, 0.2) is 29.2 Å². The molecule has 2 fully saturated rings. The van der Waals surface area contributed by atoms with Crippen molar-refractivity contribution in [3.05, 3.63) is 29.8 Å². The number of hydrogen-bond donors (Lipinski definition) is 2. The first-order valence-electron chi connectivity index (χ1n) is 8.55. The Kier molecular flexibility index (Phi) is 5.22. The van der Waals surface area contributed by atoms with Gasteiger partial charge in [0.2, 0.25) is 10.0 Å². The van der Waals surface area contributed by atoms with E-state index in [9.17, 15) is 13.2 Å². The molecule has 1 aromatic rings. The quantitative estimate of drug-likeness (QED) is 0.807. The van der Waals surface area contributed by atoms with E-state index < -0.39 is 10.0 Å². The van der Waals surface area contributed by atoms with Crippen LogP contribution in [0.2, 0.25) is 0 Å². The summed E-state index contributed by atoms with van der Waals surface area (Å²) in [6.07, 6.45) is 4.01. The van der Waals surface area contributed by atoms with Crippen LogP contribution in [-0.4, -0.2) is 51.9 Å². The van der Waals surface area contributed by atoms with Crippen LogP contribution in [0, 0.1) is 5.92 Å². The molecule has 24 heavy (non-hydrogen) atoms. The minimum atomic E-state index is -3.55. The minimum Gasteiger partial charge on any atom is -0.339 e. The van der Waals surface area contributed by atoms with Crippen molar-refractivity contribution in [2.45, 2.75) is 36.6 Å². The number of rotatable bonds is 6. The second-order valence-electron chi connectivity index (χ2n) is 6.72. The van der Waals surface area contributed by atoms with Crippen molar-refractivity contribution in [3.8, 4) is 0 Å². The van der Waals surface area contributed by atoms with E-state index in [4.69, 9.17) is 0 Å². The Labute approximate surface area is 143 Å². The highest BCUT2D eigenvalue weighted by molar-refractivity contribution is 7.89. The maximum absolute atomic E-state index is 12.7. The van der Waals surface area contributed by atoms with E-state index in [0.717, 1.165) is 38.8 Å². The van der Waals surface area contributed by atoms with Gasteiger partial charge < -0.3 is 10.2 Å². The smallest absolute Gasteiger partial charge is 0.253 e. The van der Waals surface area contributed by atoms with Crippen molar-refractivity contribution in [3.63, 3.8) is 0 Å². The lowest BCUT2D eigenvalue weighted by Gasteiger charge is -2.31. The summed E-state index contributed by atoms with van der Waals surface area (Å²) in [5.74, 6) is 0.344. The number of amides is 1. The first-order chi connectivity index (χ1) is 11.5. The third-order valence-corrected chi connectivity index (χ3v) is 6.25. The zero-order chi connectivity index (χ0) is 17.2. The number of nitrogens with one attached hydrogen (secondary N) is 2. The lowest BCUT2D eigenvalue weighted by atomic mass is 10.0. The van der Waals surface area contributed by atoms with Crippen molar-refractivity contribution in [1.29, 1.82) is 0 Å². The van der Waals surface area contributed by atoms with Crippen molar-refractivity contribution in [1.82, 2.24) is 14.9 Å². The third kappa shape index (κ3) is 4.15. The maximum Gasteiger partial charge on any atom is 0.253 e. The maximum atomic E-state index is 12.7. The monoisotopic (exact) mass is 351 g/mol. The van der Waals surface area contributed by atoms with E-state index in [0.29, 0.717) is 18.0 Å². The average molecular weight is 351 g/mol. The molecule has 1 aliphatic heterocycles. The van der Waals surface area contributed by atoms with Gasteiger partial charge in [-0.05, 0) is 62.9 Å². The Morgan fingerprint density at radius 1 is 1.25 bits per heavy atom. The predicted molar refractivity (Wildman–Crippen MR) is 92.3 cm³/mol. The summed E-state index contributed by atoms with van der Waals surface area (Å²) in [6.45, 7) is 2.29. The lowest BCUT2D eigenvalue weighted by molar-refractivity contribution is 0.0703. The van der Waals surface area contributed by atoms with Crippen LogP contribution in [0.25, 0.3) is 0 Å². The molecule has 0 unspecified atom stereocenters. The van der Waals surface area contributed by atoms with Crippen LogP contribution in [0.5, 0.6) is 0 Å². The van der Waals surface area contributed by atoms with Gasteiger partial charge in [-0.15, -0.1) is 0 Å². The molecule has 3 rings (SSSR count). The van der Waals surface area contributed by atoms with E-state index in [2.05, 4.69) is 10.0 Å². The molecule has 1 aliphatic carbocycles. The van der Waals surface area contributed by atoms with Crippen molar-refractivity contribution in [2.24, 2.45) is 5.92 Å². The first-order valence-corrected chi connectivity index (χ1v) is 10.0. The van der Waals surface area contributed by atoms with Gasteiger partial charge in [-0.3, -0.25) is 4.79 Å². The van der Waals surface area contributed by atoms with E-state index in [-0.39, 0.29) is 16.8 Å². The number of hydrogen-bond acceptors (Lipinski definition) is 4. The van der Waals surface area contributed by atoms with Crippen LogP contribution < -0.4 is 10.0 Å². The van der Waals surface area contributed by atoms with Gasteiger partial charge in [0.05, 0.1) is 4.90 Å². The summed E-state index contributed by atoms with van der Waals surface area (Å²) in [5, 5.41) is 3.28. The molecule has 1 aromatic carbocycles. The zero-order valence-electron chi connectivity index (χ0n) is 14.0. The number of piperidine rings is 1. The molecule has 2 N–H and O–H groups in total. The Hall–Kier alpha value is -1.44. The Bertz CT molecular complexity index is 695. The molecule has 1 saturated heterocycles. The van der Waals surface area contributed by atoms with Crippen molar-refractivity contribution < 1.29 is 13.2 Å². The SMILES string of the molecule is CN(C(=O)c1cccc(S(=O)(=O)NCC2CC2)c1)C1CCNCC1. The Morgan fingerprint density at radius 2 is 1.96 bits per heavy atom. The average Bonchev–Trinajstić information content (AvgIpc) is 3.44. The summed E-state index contributed by atoms with van der Waals surface area (Å²) in [5.41, 5.74) is 0.422. The van der Waals surface area contributed by atoms with Gasteiger partial charge in [0, 0.05) is 25.2 Å². The normalized spacial score (nSPS) is 19.2. The number of carbonyl (C=O) groups is 1. The Balaban J connectivity index is 1.72. The molecule has 0 atom stereocenters. The molecular formula is C17H25N3O3S. The number of nitrogens with zero attached hydrogens (tertiary/aromatic N) is 1. The largest absolute Gasteiger partial charge is 0.339 e. The van der Waals surface area contributed by atoms with E-state index in [1.165, 1.54) is 12.1 Å². The molecule has 0 bridgehead atoms. The fourth-order valence-corrected chi connectivity index (χ4v) is 4.15. The molecule has 1 saturated carbocycles. The second-order valence-corrected chi connectivity index (χ2v) is 8.49. The molecule has 2 aliphatic rings. The number of benzene rings is 1. The van der Waals surface area contributed by atoms with Crippen molar-refractivity contribution in [2.75, 3.05) is 26.7 Å². The lowest BCUT2D eigenvalue weighted by Crippen LogP contribution is -2.44. The molecule has 6 nitrogen and oxygen atoms in total. The van der Waals surface area contributed by atoms with E-state index >= 15 is 0 Å².